The van der Waals surface area contributed by atoms with Crippen LogP contribution in [0.25, 0.3) is 0 Å². The summed E-state index contributed by atoms with van der Waals surface area (Å²) in [4.78, 5) is 16.7. The van der Waals surface area contributed by atoms with Gasteiger partial charge in [0.05, 0.1) is 11.0 Å². The van der Waals surface area contributed by atoms with Crippen LogP contribution in [0.2, 0.25) is 0 Å². The van der Waals surface area contributed by atoms with Gasteiger partial charge in [-0.15, -0.1) is 11.3 Å². The van der Waals surface area contributed by atoms with E-state index in [1.54, 1.807) is 11.3 Å². The highest BCUT2D eigenvalue weighted by Crippen LogP contribution is 2.33. The molecule has 1 aromatic heterocycles. The van der Waals surface area contributed by atoms with Crippen molar-refractivity contribution in [1.82, 2.24) is 10.2 Å². The predicted octanol–water partition coefficient (Wildman–Crippen LogP) is 3.39. The second-order valence-electron chi connectivity index (χ2n) is 6.75. The van der Waals surface area contributed by atoms with E-state index in [0.29, 0.717) is 6.54 Å². The molecule has 1 N–H and O–H groups in total. The van der Waals surface area contributed by atoms with Crippen LogP contribution in [0, 0.1) is 0 Å². The van der Waals surface area contributed by atoms with E-state index >= 15 is 0 Å². The Bertz CT molecular complexity index is 737. The molecule has 4 nitrogen and oxygen atoms in total. The summed E-state index contributed by atoms with van der Waals surface area (Å²) in [5.41, 5.74) is 2.88. The van der Waals surface area contributed by atoms with Gasteiger partial charge in [-0.25, -0.2) is 0 Å². The van der Waals surface area contributed by atoms with Gasteiger partial charge in [0.2, 0.25) is 0 Å². The van der Waals surface area contributed by atoms with Crippen LogP contribution in [0.1, 0.15) is 44.6 Å². The molecule has 132 valence electrons. The van der Waals surface area contributed by atoms with Crippen LogP contribution in [-0.4, -0.2) is 37.0 Å². The summed E-state index contributed by atoms with van der Waals surface area (Å²) in [7, 11) is 0. The first-order valence-corrected chi connectivity index (χ1v) is 9.90. The number of hydrogen-bond acceptors (Lipinski definition) is 4. The van der Waals surface area contributed by atoms with Gasteiger partial charge in [0.1, 0.15) is 0 Å². The average molecular weight is 356 g/mol. The topological polar surface area (TPSA) is 41.6 Å². The van der Waals surface area contributed by atoms with Crippen molar-refractivity contribution < 1.29 is 9.53 Å². The summed E-state index contributed by atoms with van der Waals surface area (Å²) in [5.74, 6) is 0.0339. The first kappa shape index (κ1) is 16.8. The van der Waals surface area contributed by atoms with Crippen molar-refractivity contribution in [2.45, 2.75) is 31.9 Å². The largest absolute Gasteiger partial charge is 0.373 e. The molecule has 1 saturated heterocycles. The van der Waals surface area contributed by atoms with E-state index in [-0.39, 0.29) is 12.0 Å². The zero-order valence-electron chi connectivity index (χ0n) is 14.4. The molecule has 0 bridgehead atoms. The Kier molecular flexibility index (Phi) is 5.15. The van der Waals surface area contributed by atoms with Gasteiger partial charge in [0.15, 0.2) is 0 Å². The Labute approximate surface area is 152 Å². The number of hydrogen-bond donors (Lipinski definition) is 1. The number of nitrogens with zero attached hydrogens (tertiary/aromatic N) is 1. The minimum Gasteiger partial charge on any atom is -0.373 e. The highest BCUT2D eigenvalue weighted by atomic mass is 32.1. The van der Waals surface area contributed by atoms with Gasteiger partial charge in [0.25, 0.3) is 5.91 Å². The zero-order chi connectivity index (χ0) is 17.1. The van der Waals surface area contributed by atoms with E-state index in [9.17, 15) is 4.79 Å². The minimum atomic E-state index is 0.0339. The fraction of sp³-hybridized carbons (Fsp3) is 0.450. The van der Waals surface area contributed by atoms with Crippen LogP contribution in [0.5, 0.6) is 0 Å². The maximum atomic E-state index is 12.4. The maximum absolute atomic E-state index is 12.4. The minimum absolute atomic E-state index is 0.0339. The number of carbonyl (C=O) groups is 1. The summed E-state index contributed by atoms with van der Waals surface area (Å²) in [6.45, 7) is 4.46. The van der Waals surface area contributed by atoms with Crippen molar-refractivity contribution in [1.29, 1.82) is 0 Å². The Morgan fingerprint density at radius 3 is 2.96 bits per heavy atom. The van der Waals surface area contributed by atoms with Crippen molar-refractivity contribution in [2.24, 2.45) is 0 Å². The van der Waals surface area contributed by atoms with Gasteiger partial charge in [0, 0.05) is 37.7 Å². The molecule has 25 heavy (non-hydrogen) atoms. The number of nitrogens with one attached hydrogen (secondary N) is 1. The number of ether oxygens (including phenoxy) is 1. The Morgan fingerprint density at radius 2 is 2.12 bits per heavy atom. The molecule has 1 atom stereocenters. The standard InChI is InChI=1S/C20H24N2O2S/c23-20(19-8-7-18(25-19)17-6-3-13-24-17)21-10-12-22-11-9-15-4-1-2-5-16(15)14-22/h1-2,4-5,7-8,17H,3,6,9-14H2,(H,21,23). The third kappa shape index (κ3) is 3.94. The van der Waals surface area contributed by atoms with E-state index < -0.39 is 0 Å². The van der Waals surface area contributed by atoms with E-state index in [1.165, 1.54) is 16.0 Å². The van der Waals surface area contributed by atoms with Gasteiger partial charge in [-0.3, -0.25) is 9.69 Å². The van der Waals surface area contributed by atoms with Gasteiger partial charge >= 0.3 is 0 Å². The van der Waals surface area contributed by atoms with Gasteiger partial charge in [-0.1, -0.05) is 24.3 Å². The van der Waals surface area contributed by atoms with Gasteiger partial charge in [-0.2, -0.15) is 0 Å². The highest BCUT2D eigenvalue weighted by Gasteiger charge is 2.21. The summed E-state index contributed by atoms with van der Waals surface area (Å²) < 4.78 is 5.69. The summed E-state index contributed by atoms with van der Waals surface area (Å²) >= 11 is 1.56. The first-order valence-electron chi connectivity index (χ1n) is 9.08. The predicted molar refractivity (Wildman–Crippen MR) is 100 cm³/mol. The average Bonchev–Trinajstić information content (AvgIpc) is 3.33. The van der Waals surface area contributed by atoms with Crippen LogP contribution in [0.15, 0.2) is 36.4 Å². The number of fused-ring (bicyclic) bond motifs is 1. The van der Waals surface area contributed by atoms with Crippen molar-refractivity contribution in [3.05, 3.63) is 57.3 Å². The smallest absolute Gasteiger partial charge is 0.261 e. The van der Waals surface area contributed by atoms with Crippen LogP contribution in [0.4, 0.5) is 0 Å². The van der Waals surface area contributed by atoms with Gasteiger partial charge in [-0.05, 0) is 42.5 Å². The third-order valence-electron chi connectivity index (χ3n) is 5.02. The Morgan fingerprint density at radius 1 is 1.24 bits per heavy atom. The van der Waals surface area contributed by atoms with Crippen LogP contribution >= 0.6 is 11.3 Å². The molecule has 4 rings (SSSR count). The van der Waals surface area contributed by atoms with E-state index in [0.717, 1.165) is 50.4 Å². The SMILES string of the molecule is O=C(NCCN1CCc2ccccc2C1)c1ccc(C2CCCO2)s1. The molecule has 1 aromatic carbocycles. The second kappa shape index (κ2) is 7.68. The molecule has 0 radical (unpaired) electrons. The van der Waals surface area contributed by atoms with E-state index in [2.05, 4.69) is 34.5 Å². The first-order chi connectivity index (χ1) is 12.3. The number of carbonyl (C=O) groups excluding carboxylic acids is 1. The number of rotatable bonds is 5. The molecule has 2 aliphatic heterocycles. The van der Waals surface area contributed by atoms with Crippen LogP contribution in [-0.2, 0) is 17.7 Å². The quantitative estimate of drug-likeness (QED) is 0.893. The molecule has 2 aliphatic rings. The molecule has 1 unspecified atom stereocenters. The monoisotopic (exact) mass is 356 g/mol. The second-order valence-corrected chi connectivity index (χ2v) is 7.87. The molecule has 1 amide bonds. The molecule has 0 spiro atoms. The molecular formula is C20H24N2O2S. The lowest BCUT2D eigenvalue weighted by molar-refractivity contribution is 0.0951. The number of thiophene rings is 1. The molecule has 2 aromatic rings. The molecule has 5 heteroatoms. The highest BCUT2D eigenvalue weighted by molar-refractivity contribution is 7.14. The lowest BCUT2D eigenvalue weighted by Crippen LogP contribution is -2.37. The molecule has 0 saturated carbocycles. The normalized spacial score (nSPS) is 20.4. The van der Waals surface area contributed by atoms with Crippen molar-refractivity contribution in [2.75, 3.05) is 26.2 Å². The van der Waals surface area contributed by atoms with Crippen LogP contribution < -0.4 is 5.32 Å². The molecule has 0 aliphatic carbocycles. The van der Waals surface area contributed by atoms with Gasteiger partial charge < -0.3 is 10.1 Å². The Hall–Kier alpha value is -1.69. The van der Waals surface area contributed by atoms with Crippen molar-refractivity contribution >= 4 is 17.2 Å². The summed E-state index contributed by atoms with van der Waals surface area (Å²) in [5, 5.41) is 3.06. The van der Waals surface area contributed by atoms with Crippen molar-refractivity contribution in [3.63, 3.8) is 0 Å². The van der Waals surface area contributed by atoms with Crippen molar-refractivity contribution in [3.8, 4) is 0 Å². The number of amides is 1. The zero-order valence-corrected chi connectivity index (χ0v) is 15.2. The molecule has 1 fully saturated rings. The fourth-order valence-electron chi connectivity index (χ4n) is 3.61. The Balaban J connectivity index is 1.25. The van der Waals surface area contributed by atoms with E-state index in [4.69, 9.17) is 4.74 Å². The van der Waals surface area contributed by atoms with Crippen LogP contribution in [0.3, 0.4) is 0 Å². The third-order valence-corrected chi connectivity index (χ3v) is 6.20. The lowest BCUT2D eigenvalue weighted by atomic mass is 10.00. The maximum Gasteiger partial charge on any atom is 0.261 e. The lowest BCUT2D eigenvalue weighted by Gasteiger charge is -2.28. The summed E-state index contributed by atoms with van der Waals surface area (Å²) in [6, 6.07) is 12.6. The molecule has 3 heterocycles. The molecular weight excluding hydrogens is 332 g/mol. The summed E-state index contributed by atoms with van der Waals surface area (Å²) in [6.07, 6.45) is 3.47. The fourth-order valence-corrected chi connectivity index (χ4v) is 4.62. The van der Waals surface area contributed by atoms with E-state index in [1.807, 2.05) is 12.1 Å². The number of benzene rings is 1.